The molecule has 1 aliphatic heterocycles. The number of rotatable bonds is 4. The maximum Gasteiger partial charge on any atom is 0.331 e. The van der Waals surface area contributed by atoms with Crippen molar-refractivity contribution >= 4 is 17.5 Å². The van der Waals surface area contributed by atoms with E-state index >= 15 is 0 Å². The van der Waals surface area contributed by atoms with Gasteiger partial charge in [-0.15, -0.1) is 0 Å². The van der Waals surface area contributed by atoms with E-state index in [0.29, 0.717) is 18.4 Å². The van der Waals surface area contributed by atoms with Crippen molar-refractivity contribution in [3.8, 4) is 0 Å². The first-order chi connectivity index (χ1) is 9.63. The molecule has 0 unspecified atom stereocenters. The van der Waals surface area contributed by atoms with Crippen LogP contribution in [0.2, 0.25) is 0 Å². The zero-order chi connectivity index (χ0) is 14.5. The molecular formula is C16H19NO3. The van der Waals surface area contributed by atoms with Crippen molar-refractivity contribution in [1.82, 2.24) is 0 Å². The average molecular weight is 273 g/mol. The largest absolute Gasteiger partial charge is 0.478 e. The molecule has 1 N–H and O–H groups in total. The van der Waals surface area contributed by atoms with Gasteiger partial charge in [0.2, 0.25) is 0 Å². The standard InChI is InChI=1S/C16H19NO3/c1-2-12(13-7-3-4-8-15(13)18)14-10-11(16(19)20)6-5-9-17-14/h5-7,9,12H,2-4,8,10H2,1H3,(H,19,20)/t12-/m1/s1. The van der Waals surface area contributed by atoms with E-state index in [1.807, 2.05) is 13.0 Å². The first-order valence-electron chi connectivity index (χ1n) is 7.02. The predicted molar refractivity (Wildman–Crippen MR) is 77.6 cm³/mol. The zero-order valence-electron chi connectivity index (χ0n) is 11.6. The molecule has 20 heavy (non-hydrogen) atoms. The summed E-state index contributed by atoms with van der Waals surface area (Å²) in [6, 6.07) is 0. The van der Waals surface area contributed by atoms with Gasteiger partial charge in [-0.3, -0.25) is 9.79 Å². The molecule has 0 saturated carbocycles. The lowest BCUT2D eigenvalue weighted by Gasteiger charge is -2.22. The SMILES string of the molecule is CC[C@H](C1=CCCCC1=O)C1=NC=CC=C(C(=O)O)C1. The number of hydrogen-bond acceptors (Lipinski definition) is 3. The van der Waals surface area contributed by atoms with Gasteiger partial charge in [0.1, 0.15) is 0 Å². The third kappa shape index (κ3) is 3.13. The van der Waals surface area contributed by atoms with Crippen LogP contribution in [0.4, 0.5) is 0 Å². The predicted octanol–water partition coefficient (Wildman–Crippen LogP) is 3.06. The molecule has 1 aliphatic carbocycles. The van der Waals surface area contributed by atoms with Crippen LogP contribution in [-0.2, 0) is 9.59 Å². The monoisotopic (exact) mass is 273 g/mol. The van der Waals surface area contributed by atoms with Crippen molar-refractivity contribution in [2.75, 3.05) is 0 Å². The van der Waals surface area contributed by atoms with E-state index in [9.17, 15) is 9.59 Å². The van der Waals surface area contributed by atoms with Crippen LogP contribution in [0.15, 0.2) is 40.6 Å². The van der Waals surface area contributed by atoms with Crippen molar-refractivity contribution < 1.29 is 14.7 Å². The van der Waals surface area contributed by atoms with Crippen LogP contribution >= 0.6 is 0 Å². The Morgan fingerprint density at radius 1 is 1.50 bits per heavy atom. The van der Waals surface area contributed by atoms with Gasteiger partial charge in [-0.05, 0) is 37.0 Å². The summed E-state index contributed by atoms with van der Waals surface area (Å²) in [5.74, 6) is -0.809. The number of carbonyl (C=O) groups is 2. The number of aliphatic imine (C=N–C) groups is 1. The molecule has 106 valence electrons. The highest BCUT2D eigenvalue weighted by Gasteiger charge is 2.27. The van der Waals surface area contributed by atoms with E-state index in [2.05, 4.69) is 4.99 Å². The molecule has 2 rings (SSSR count). The maximum atomic E-state index is 12.1. The van der Waals surface area contributed by atoms with E-state index in [4.69, 9.17) is 5.11 Å². The summed E-state index contributed by atoms with van der Waals surface area (Å²) < 4.78 is 0. The fourth-order valence-electron chi connectivity index (χ4n) is 2.71. The molecule has 0 fully saturated rings. The van der Waals surface area contributed by atoms with Gasteiger partial charge < -0.3 is 5.11 Å². The van der Waals surface area contributed by atoms with Crippen LogP contribution in [0.1, 0.15) is 39.0 Å². The molecule has 0 aromatic rings. The number of allylic oxidation sites excluding steroid dienone is 4. The highest BCUT2D eigenvalue weighted by Crippen LogP contribution is 2.28. The zero-order valence-corrected chi connectivity index (χ0v) is 11.6. The molecule has 0 aromatic heterocycles. The van der Waals surface area contributed by atoms with Crippen molar-refractivity contribution in [2.24, 2.45) is 10.9 Å². The van der Waals surface area contributed by atoms with Crippen molar-refractivity contribution in [1.29, 1.82) is 0 Å². The summed E-state index contributed by atoms with van der Waals surface area (Å²) in [6.45, 7) is 2.01. The molecular weight excluding hydrogens is 254 g/mol. The van der Waals surface area contributed by atoms with Crippen LogP contribution in [-0.4, -0.2) is 22.6 Å². The molecule has 2 aliphatic rings. The highest BCUT2D eigenvalue weighted by molar-refractivity contribution is 6.06. The third-order valence-electron chi connectivity index (χ3n) is 3.75. The molecule has 1 atom stereocenters. The van der Waals surface area contributed by atoms with E-state index in [-0.39, 0.29) is 11.7 Å². The minimum absolute atomic E-state index is 0.0618. The summed E-state index contributed by atoms with van der Waals surface area (Å²) in [4.78, 5) is 27.6. The van der Waals surface area contributed by atoms with Gasteiger partial charge in [0.15, 0.2) is 5.78 Å². The molecule has 0 aromatic carbocycles. The Labute approximate surface area is 118 Å². The Morgan fingerprint density at radius 3 is 2.95 bits per heavy atom. The second kappa shape index (κ2) is 6.46. The van der Waals surface area contributed by atoms with E-state index in [1.165, 1.54) is 0 Å². The Hall–Kier alpha value is -1.97. The number of carbonyl (C=O) groups excluding carboxylic acids is 1. The minimum atomic E-state index is -0.928. The first kappa shape index (κ1) is 14.4. The van der Waals surface area contributed by atoms with Crippen LogP contribution in [0.5, 0.6) is 0 Å². The highest BCUT2D eigenvalue weighted by atomic mass is 16.4. The maximum absolute atomic E-state index is 12.1. The quantitative estimate of drug-likeness (QED) is 0.856. The summed E-state index contributed by atoms with van der Waals surface area (Å²) in [7, 11) is 0. The Balaban J connectivity index is 2.28. The topological polar surface area (TPSA) is 66.7 Å². The Kier molecular flexibility index (Phi) is 4.66. The normalized spacial score (nSPS) is 20.6. The number of nitrogens with zero attached hydrogens (tertiary/aromatic N) is 1. The fourth-order valence-corrected chi connectivity index (χ4v) is 2.71. The fraction of sp³-hybridized carbons (Fsp3) is 0.438. The average Bonchev–Trinajstić information content (AvgIpc) is 2.68. The van der Waals surface area contributed by atoms with Gasteiger partial charge in [0.25, 0.3) is 0 Å². The Morgan fingerprint density at radius 2 is 2.30 bits per heavy atom. The second-order valence-corrected chi connectivity index (χ2v) is 5.07. The molecule has 0 spiro atoms. The lowest BCUT2D eigenvalue weighted by atomic mass is 9.82. The van der Waals surface area contributed by atoms with Crippen LogP contribution in [0.25, 0.3) is 0 Å². The number of ketones is 1. The number of Topliss-reactive ketones (excluding diaryl/α,β-unsaturated/α-hetero) is 1. The van der Waals surface area contributed by atoms with Gasteiger partial charge in [0.05, 0.1) is 0 Å². The smallest absolute Gasteiger partial charge is 0.331 e. The molecule has 1 heterocycles. The number of carboxylic acid groups (broad SMARTS) is 1. The summed E-state index contributed by atoms with van der Waals surface area (Å²) in [5.41, 5.74) is 1.91. The van der Waals surface area contributed by atoms with E-state index < -0.39 is 5.97 Å². The summed E-state index contributed by atoms with van der Waals surface area (Å²) >= 11 is 0. The van der Waals surface area contributed by atoms with E-state index in [1.54, 1.807) is 18.4 Å². The first-order valence-corrected chi connectivity index (χ1v) is 7.02. The van der Waals surface area contributed by atoms with Crippen molar-refractivity contribution in [3.05, 3.63) is 35.6 Å². The van der Waals surface area contributed by atoms with Crippen molar-refractivity contribution in [2.45, 2.75) is 39.0 Å². The van der Waals surface area contributed by atoms with Crippen LogP contribution < -0.4 is 0 Å². The number of aliphatic carboxylic acids is 1. The molecule has 0 radical (unpaired) electrons. The van der Waals surface area contributed by atoms with Gasteiger partial charge >= 0.3 is 5.97 Å². The Bertz CT molecular complexity index is 538. The lowest BCUT2D eigenvalue weighted by molar-refractivity contribution is -0.132. The number of hydrogen-bond donors (Lipinski definition) is 1. The van der Waals surface area contributed by atoms with E-state index in [0.717, 1.165) is 30.5 Å². The molecule has 0 bridgehead atoms. The van der Waals surface area contributed by atoms with Gasteiger partial charge in [-0.25, -0.2) is 4.79 Å². The van der Waals surface area contributed by atoms with Crippen LogP contribution in [0, 0.1) is 5.92 Å². The molecule has 0 saturated heterocycles. The molecule has 4 heteroatoms. The lowest BCUT2D eigenvalue weighted by Crippen LogP contribution is -2.24. The van der Waals surface area contributed by atoms with Gasteiger partial charge in [0, 0.05) is 36.2 Å². The molecule has 4 nitrogen and oxygen atoms in total. The van der Waals surface area contributed by atoms with Crippen LogP contribution in [0.3, 0.4) is 0 Å². The number of carboxylic acids is 1. The van der Waals surface area contributed by atoms with Gasteiger partial charge in [-0.1, -0.05) is 13.0 Å². The third-order valence-corrected chi connectivity index (χ3v) is 3.75. The van der Waals surface area contributed by atoms with Crippen molar-refractivity contribution in [3.63, 3.8) is 0 Å². The summed E-state index contributed by atoms with van der Waals surface area (Å²) in [5, 5.41) is 9.16. The summed E-state index contributed by atoms with van der Waals surface area (Å²) in [6.07, 6.45) is 10.3. The minimum Gasteiger partial charge on any atom is -0.478 e. The second-order valence-electron chi connectivity index (χ2n) is 5.07. The molecule has 0 amide bonds. The van der Waals surface area contributed by atoms with Gasteiger partial charge in [-0.2, -0.15) is 0 Å².